The molecule has 1 aliphatic heterocycles. The standard InChI is InChI=1S/C29H36O3Si/c1-28(2,3)33(24-17-11-7-12-18-24,25-19-13-8-14-20-25)32-26-27(31-22-29(26,4)5)30-21-23-15-9-6-10-16-23/h6-20,26-27H,21-22H2,1-5H3/t26-,27+/m0/s1. The second kappa shape index (κ2) is 9.55. The Balaban J connectivity index is 1.75. The molecule has 1 fully saturated rings. The molecule has 4 rings (SSSR count). The second-order valence-corrected chi connectivity index (χ2v) is 14.9. The molecule has 0 saturated carbocycles. The van der Waals surface area contributed by atoms with E-state index < -0.39 is 14.6 Å². The lowest BCUT2D eigenvalue weighted by Gasteiger charge is -2.47. The molecule has 0 unspecified atom stereocenters. The highest BCUT2D eigenvalue weighted by molar-refractivity contribution is 6.99. The van der Waals surface area contributed by atoms with Crippen LogP contribution in [0.5, 0.6) is 0 Å². The summed E-state index contributed by atoms with van der Waals surface area (Å²) in [6, 6.07) is 31.8. The van der Waals surface area contributed by atoms with Crippen molar-refractivity contribution in [3.8, 4) is 0 Å². The van der Waals surface area contributed by atoms with Crippen molar-refractivity contribution in [2.75, 3.05) is 6.61 Å². The summed E-state index contributed by atoms with van der Waals surface area (Å²) in [6.45, 7) is 12.5. The first-order valence-electron chi connectivity index (χ1n) is 11.8. The largest absolute Gasteiger partial charge is 0.399 e. The molecule has 0 spiro atoms. The summed E-state index contributed by atoms with van der Waals surface area (Å²) in [6.07, 6.45) is -0.602. The Kier molecular flexibility index (Phi) is 6.92. The zero-order chi connectivity index (χ0) is 23.5. The molecule has 0 N–H and O–H groups in total. The van der Waals surface area contributed by atoms with Crippen LogP contribution in [0.25, 0.3) is 0 Å². The van der Waals surface area contributed by atoms with Crippen molar-refractivity contribution in [1.82, 2.24) is 0 Å². The molecule has 33 heavy (non-hydrogen) atoms. The normalized spacial score (nSPS) is 20.6. The van der Waals surface area contributed by atoms with Crippen molar-refractivity contribution in [2.45, 2.75) is 58.7 Å². The van der Waals surface area contributed by atoms with Crippen molar-refractivity contribution in [2.24, 2.45) is 5.41 Å². The quantitative estimate of drug-likeness (QED) is 0.434. The lowest BCUT2D eigenvalue weighted by Crippen LogP contribution is -2.69. The van der Waals surface area contributed by atoms with Gasteiger partial charge in [0.25, 0.3) is 8.32 Å². The van der Waals surface area contributed by atoms with Crippen LogP contribution >= 0.6 is 0 Å². The van der Waals surface area contributed by atoms with Crippen molar-refractivity contribution < 1.29 is 13.9 Å². The summed E-state index contributed by atoms with van der Waals surface area (Å²) >= 11 is 0. The van der Waals surface area contributed by atoms with Gasteiger partial charge in [-0.05, 0) is 21.0 Å². The average Bonchev–Trinajstić information content (AvgIpc) is 3.10. The van der Waals surface area contributed by atoms with Gasteiger partial charge in [0.1, 0.15) is 6.10 Å². The molecule has 0 aliphatic carbocycles. The van der Waals surface area contributed by atoms with Crippen LogP contribution in [0.4, 0.5) is 0 Å². The predicted octanol–water partition coefficient (Wildman–Crippen LogP) is 5.53. The molecular formula is C29H36O3Si. The third-order valence-electron chi connectivity index (χ3n) is 6.61. The number of rotatable bonds is 7. The van der Waals surface area contributed by atoms with Crippen LogP contribution in [0.2, 0.25) is 5.04 Å². The van der Waals surface area contributed by atoms with E-state index in [9.17, 15) is 0 Å². The van der Waals surface area contributed by atoms with Crippen LogP contribution in [0.3, 0.4) is 0 Å². The second-order valence-electron chi connectivity index (χ2n) is 10.7. The SMILES string of the molecule is CC1(C)CO[C@@H](OCc2ccccc2)[C@@H]1O[Si](c1ccccc1)(c1ccccc1)C(C)(C)C. The predicted molar refractivity (Wildman–Crippen MR) is 137 cm³/mol. The maximum Gasteiger partial charge on any atom is 0.261 e. The van der Waals surface area contributed by atoms with E-state index in [2.05, 4.69) is 107 Å². The Hall–Kier alpha value is -2.24. The minimum Gasteiger partial charge on any atom is -0.399 e. The van der Waals surface area contributed by atoms with Gasteiger partial charge in [0, 0.05) is 5.41 Å². The lowest BCUT2D eigenvalue weighted by molar-refractivity contribution is -0.155. The zero-order valence-electron chi connectivity index (χ0n) is 20.5. The van der Waals surface area contributed by atoms with E-state index >= 15 is 0 Å². The van der Waals surface area contributed by atoms with Gasteiger partial charge in [-0.2, -0.15) is 0 Å². The average molecular weight is 461 g/mol. The highest BCUT2D eigenvalue weighted by Gasteiger charge is 2.56. The summed E-state index contributed by atoms with van der Waals surface area (Å²) in [5, 5.41) is 2.44. The van der Waals surface area contributed by atoms with Crippen LogP contribution in [0.15, 0.2) is 91.0 Å². The van der Waals surface area contributed by atoms with E-state index in [1.54, 1.807) is 0 Å². The Bertz CT molecular complexity index is 973. The molecule has 0 bridgehead atoms. The summed E-state index contributed by atoms with van der Waals surface area (Å²) in [5.41, 5.74) is 0.962. The van der Waals surface area contributed by atoms with E-state index in [-0.39, 0.29) is 16.6 Å². The Labute approximate surface area is 199 Å². The molecule has 0 amide bonds. The van der Waals surface area contributed by atoms with Crippen LogP contribution in [-0.4, -0.2) is 27.3 Å². The van der Waals surface area contributed by atoms with Gasteiger partial charge in [-0.1, -0.05) is 126 Å². The van der Waals surface area contributed by atoms with E-state index in [0.29, 0.717) is 13.2 Å². The first-order chi connectivity index (χ1) is 15.7. The van der Waals surface area contributed by atoms with Gasteiger partial charge < -0.3 is 13.9 Å². The topological polar surface area (TPSA) is 27.7 Å². The van der Waals surface area contributed by atoms with E-state index in [4.69, 9.17) is 13.9 Å². The van der Waals surface area contributed by atoms with Gasteiger partial charge in [0.2, 0.25) is 0 Å². The molecule has 1 heterocycles. The fourth-order valence-electron chi connectivity index (χ4n) is 4.82. The molecule has 0 aromatic heterocycles. The summed E-state index contributed by atoms with van der Waals surface area (Å²) in [7, 11) is -2.71. The molecular weight excluding hydrogens is 424 g/mol. The van der Waals surface area contributed by atoms with Crippen LogP contribution in [-0.2, 0) is 20.5 Å². The van der Waals surface area contributed by atoms with Crippen molar-refractivity contribution >= 4 is 18.7 Å². The van der Waals surface area contributed by atoms with Crippen molar-refractivity contribution in [3.63, 3.8) is 0 Å². The molecule has 4 heteroatoms. The van der Waals surface area contributed by atoms with Gasteiger partial charge in [0.15, 0.2) is 6.29 Å². The smallest absolute Gasteiger partial charge is 0.261 e. The summed E-state index contributed by atoms with van der Waals surface area (Å²) in [5.74, 6) is 0. The monoisotopic (exact) mass is 460 g/mol. The van der Waals surface area contributed by atoms with E-state index in [1.165, 1.54) is 10.4 Å². The number of ether oxygens (including phenoxy) is 2. The van der Waals surface area contributed by atoms with Crippen LogP contribution in [0.1, 0.15) is 40.2 Å². The minimum atomic E-state index is -2.71. The number of benzene rings is 3. The summed E-state index contributed by atoms with van der Waals surface area (Å²) < 4.78 is 20.0. The molecule has 3 nitrogen and oxygen atoms in total. The Morgan fingerprint density at radius 3 is 1.79 bits per heavy atom. The number of hydrogen-bond donors (Lipinski definition) is 0. The van der Waals surface area contributed by atoms with Gasteiger partial charge in [-0.15, -0.1) is 0 Å². The van der Waals surface area contributed by atoms with Gasteiger partial charge in [-0.25, -0.2) is 0 Å². The van der Waals surface area contributed by atoms with Crippen molar-refractivity contribution in [1.29, 1.82) is 0 Å². The zero-order valence-corrected chi connectivity index (χ0v) is 21.5. The highest BCUT2D eigenvalue weighted by Crippen LogP contribution is 2.43. The summed E-state index contributed by atoms with van der Waals surface area (Å²) in [4.78, 5) is 0. The van der Waals surface area contributed by atoms with E-state index in [0.717, 1.165) is 5.56 Å². The Morgan fingerprint density at radius 1 is 0.818 bits per heavy atom. The lowest BCUT2D eigenvalue weighted by atomic mass is 9.90. The third-order valence-corrected chi connectivity index (χ3v) is 11.6. The number of hydrogen-bond acceptors (Lipinski definition) is 3. The highest BCUT2D eigenvalue weighted by atomic mass is 28.4. The molecule has 1 saturated heterocycles. The van der Waals surface area contributed by atoms with Gasteiger partial charge in [-0.3, -0.25) is 0 Å². The molecule has 1 aliphatic rings. The maximum absolute atomic E-state index is 7.44. The maximum atomic E-state index is 7.44. The first kappa shape index (κ1) is 23.9. The Morgan fingerprint density at radius 2 is 1.30 bits per heavy atom. The van der Waals surface area contributed by atoms with Gasteiger partial charge >= 0.3 is 0 Å². The van der Waals surface area contributed by atoms with Crippen molar-refractivity contribution in [3.05, 3.63) is 96.6 Å². The first-order valence-corrected chi connectivity index (χ1v) is 13.7. The fraction of sp³-hybridized carbons (Fsp3) is 0.379. The molecule has 0 radical (unpaired) electrons. The van der Waals surface area contributed by atoms with Gasteiger partial charge in [0.05, 0.1) is 13.2 Å². The third kappa shape index (κ3) is 4.85. The molecule has 2 atom stereocenters. The van der Waals surface area contributed by atoms with E-state index in [1.807, 2.05) is 18.2 Å². The van der Waals surface area contributed by atoms with Crippen LogP contribution in [0, 0.1) is 5.41 Å². The molecule has 174 valence electrons. The molecule has 3 aromatic rings. The molecule has 3 aromatic carbocycles. The fourth-order valence-corrected chi connectivity index (χ4v) is 9.65. The minimum absolute atomic E-state index is 0.0989. The van der Waals surface area contributed by atoms with Crippen LogP contribution < -0.4 is 10.4 Å².